The molecule has 1 N–H and O–H groups in total. The molecular weight excluding hydrogens is 452 g/mol. The molecule has 0 bridgehead atoms. The Bertz CT molecular complexity index is 1200. The van der Waals surface area contributed by atoms with Gasteiger partial charge in [-0.05, 0) is 54.0 Å². The van der Waals surface area contributed by atoms with E-state index in [2.05, 4.69) is 0 Å². The number of hydrogen-bond acceptors (Lipinski definition) is 5. The maximum atomic E-state index is 12.9. The molecule has 5 rings (SSSR count). The zero-order valence-corrected chi connectivity index (χ0v) is 20.0. The molecule has 36 heavy (non-hydrogen) atoms. The van der Waals surface area contributed by atoms with Crippen molar-refractivity contribution in [2.75, 3.05) is 0 Å². The Kier molecular flexibility index (Phi) is 7.28. The summed E-state index contributed by atoms with van der Waals surface area (Å²) in [5, 5.41) is 10.5. The molecule has 184 valence electrons. The number of ether oxygens (including phenoxy) is 2. The van der Waals surface area contributed by atoms with Crippen LogP contribution in [-0.4, -0.2) is 35.4 Å². The Morgan fingerprint density at radius 2 is 1.64 bits per heavy atom. The first-order valence-corrected chi connectivity index (χ1v) is 12.5. The number of aliphatic hydroxyl groups is 1. The van der Waals surface area contributed by atoms with Crippen molar-refractivity contribution < 1.29 is 24.2 Å². The third kappa shape index (κ3) is 5.58. The molecule has 1 heterocycles. The van der Waals surface area contributed by atoms with Gasteiger partial charge in [0, 0.05) is 5.92 Å². The molecule has 1 saturated carbocycles. The van der Waals surface area contributed by atoms with E-state index in [9.17, 15) is 14.7 Å². The monoisotopic (exact) mass is 482 g/mol. The summed E-state index contributed by atoms with van der Waals surface area (Å²) in [6, 6.07) is 27.4. The number of carbonyl (C=O) groups is 2. The van der Waals surface area contributed by atoms with Crippen LogP contribution in [0, 0.1) is 11.8 Å². The number of benzene rings is 3. The van der Waals surface area contributed by atoms with Crippen molar-refractivity contribution in [1.82, 2.24) is 0 Å². The van der Waals surface area contributed by atoms with Gasteiger partial charge >= 0.3 is 11.9 Å². The van der Waals surface area contributed by atoms with Crippen molar-refractivity contribution in [1.29, 1.82) is 0 Å². The zero-order valence-electron chi connectivity index (χ0n) is 20.0. The minimum atomic E-state index is -0.577. The van der Waals surface area contributed by atoms with E-state index in [4.69, 9.17) is 9.47 Å². The van der Waals surface area contributed by atoms with Crippen molar-refractivity contribution in [3.8, 4) is 11.1 Å². The van der Waals surface area contributed by atoms with Crippen LogP contribution in [0.25, 0.3) is 11.1 Å². The molecule has 2 aliphatic rings. The molecule has 1 aliphatic carbocycles. The summed E-state index contributed by atoms with van der Waals surface area (Å²) in [4.78, 5) is 24.9. The number of aryl methyl sites for hydroxylation is 1. The minimum Gasteiger partial charge on any atom is -0.458 e. The van der Waals surface area contributed by atoms with Gasteiger partial charge in [-0.1, -0.05) is 84.9 Å². The average molecular weight is 483 g/mol. The Morgan fingerprint density at radius 1 is 0.972 bits per heavy atom. The lowest BCUT2D eigenvalue weighted by atomic mass is 9.92. The predicted octanol–water partition coefficient (Wildman–Crippen LogP) is 5.38. The van der Waals surface area contributed by atoms with E-state index < -0.39 is 24.3 Å². The SMILES string of the molecule is O=C1C[C@H]2[C@H](O1)[C@H](OC(=O)c1ccc(-c3ccccc3)cc1)C[C@@H]2/C=C/[C@@H](O)CCc1ccccc1. The average Bonchev–Trinajstić information content (AvgIpc) is 3.45. The standard InChI is InChI=1S/C31H30O5/c32-26(17-11-21-7-3-1-4-8-21)18-16-25-19-28(30-27(25)20-29(33)36-30)35-31(34)24-14-12-23(13-15-24)22-9-5-2-6-10-22/h1-10,12-16,18,25-28,30,32H,11,17,19-20H2/b18-16+/t25-,26-,27+,28+,30-/m0/s1. The van der Waals surface area contributed by atoms with Gasteiger partial charge in [0.2, 0.25) is 0 Å². The highest BCUT2D eigenvalue weighted by Crippen LogP contribution is 2.43. The third-order valence-corrected chi connectivity index (χ3v) is 7.15. The number of rotatable bonds is 8. The second kappa shape index (κ2) is 10.9. The molecule has 0 spiro atoms. The predicted molar refractivity (Wildman–Crippen MR) is 137 cm³/mol. The maximum absolute atomic E-state index is 12.9. The van der Waals surface area contributed by atoms with Crippen LogP contribution in [0.1, 0.15) is 35.2 Å². The van der Waals surface area contributed by atoms with E-state index in [1.807, 2.05) is 78.9 Å². The summed E-state index contributed by atoms with van der Waals surface area (Å²) in [5.74, 6) is -0.728. The highest BCUT2D eigenvalue weighted by molar-refractivity contribution is 5.90. The van der Waals surface area contributed by atoms with Gasteiger partial charge in [-0.3, -0.25) is 4.79 Å². The molecule has 3 aromatic rings. The number of aliphatic hydroxyl groups excluding tert-OH is 1. The summed E-state index contributed by atoms with van der Waals surface area (Å²) in [5.41, 5.74) is 3.75. The van der Waals surface area contributed by atoms with Gasteiger partial charge < -0.3 is 14.6 Å². The molecule has 0 radical (unpaired) electrons. The van der Waals surface area contributed by atoms with E-state index in [0.29, 0.717) is 24.8 Å². The number of hydrogen-bond donors (Lipinski definition) is 1. The van der Waals surface area contributed by atoms with Crippen LogP contribution in [0.15, 0.2) is 97.1 Å². The highest BCUT2D eigenvalue weighted by Gasteiger charge is 2.51. The van der Waals surface area contributed by atoms with Gasteiger partial charge in [0.25, 0.3) is 0 Å². The smallest absolute Gasteiger partial charge is 0.338 e. The first kappa shape index (κ1) is 24.0. The fraction of sp³-hybridized carbons (Fsp3) is 0.290. The van der Waals surface area contributed by atoms with Crippen LogP contribution < -0.4 is 0 Å². The fourth-order valence-electron chi connectivity index (χ4n) is 5.22. The topological polar surface area (TPSA) is 72.8 Å². The lowest BCUT2D eigenvalue weighted by Crippen LogP contribution is -2.29. The Hall–Kier alpha value is -3.70. The van der Waals surface area contributed by atoms with E-state index >= 15 is 0 Å². The van der Waals surface area contributed by atoms with Gasteiger partial charge in [-0.25, -0.2) is 4.79 Å². The van der Waals surface area contributed by atoms with Gasteiger partial charge in [-0.2, -0.15) is 0 Å². The first-order valence-electron chi connectivity index (χ1n) is 12.5. The quantitative estimate of drug-likeness (QED) is 0.345. The van der Waals surface area contributed by atoms with Crippen molar-refractivity contribution >= 4 is 11.9 Å². The van der Waals surface area contributed by atoms with Crippen molar-refractivity contribution in [3.05, 3.63) is 108 Å². The second-order valence-electron chi connectivity index (χ2n) is 9.59. The van der Waals surface area contributed by atoms with Crippen LogP contribution in [0.2, 0.25) is 0 Å². The summed E-state index contributed by atoms with van der Waals surface area (Å²) < 4.78 is 11.4. The normalized spacial score (nSPS) is 23.9. The third-order valence-electron chi connectivity index (χ3n) is 7.15. The Balaban J connectivity index is 1.20. The lowest BCUT2D eigenvalue weighted by molar-refractivity contribution is -0.145. The van der Waals surface area contributed by atoms with Crippen molar-refractivity contribution in [2.45, 2.75) is 44.0 Å². The zero-order chi connectivity index (χ0) is 24.9. The van der Waals surface area contributed by atoms with Crippen LogP contribution in [0.3, 0.4) is 0 Å². The number of fused-ring (bicyclic) bond motifs is 1. The molecule has 1 aliphatic heterocycles. The second-order valence-corrected chi connectivity index (χ2v) is 9.59. The number of allylic oxidation sites excluding steroid dienone is 1. The van der Waals surface area contributed by atoms with Crippen LogP contribution >= 0.6 is 0 Å². The van der Waals surface area contributed by atoms with Gasteiger partial charge in [0.1, 0.15) is 12.2 Å². The fourth-order valence-corrected chi connectivity index (χ4v) is 5.22. The van der Waals surface area contributed by atoms with E-state index in [1.165, 1.54) is 5.56 Å². The van der Waals surface area contributed by atoms with Crippen LogP contribution in [0.5, 0.6) is 0 Å². The minimum absolute atomic E-state index is 0.00563. The molecular formula is C31H30O5. The van der Waals surface area contributed by atoms with Crippen LogP contribution in [0.4, 0.5) is 0 Å². The molecule has 5 atom stereocenters. The van der Waals surface area contributed by atoms with E-state index in [-0.39, 0.29) is 17.8 Å². The summed E-state index contributed by atoms with van der Waals surface area (Å²) in [6.07, 6.45) is 4.53. The summed E-state index contributed by atoms with van der Waals surface area (Å²) in [6.45, 7) is 0. The van der Waals surface area contributed by atoms with Gasteiger partial charge in [0.05, 0.1) is 18.1 Å². The maximum Gasteiger partial charge on any atom is 0.338 e. The molecule has 0 amide bonds. The molecule has 0 unspecified atom stereocenters. The van der Waals surface area contributed by atoms with E-state index in [0.717, 1.165) is 17.5 Å². The molecule has 3 aromatic carbocycles. The Morgan fingerprint density at radius 3 is 2.36 bits per heavy atom. The van der Waals surface area contributed by atoms with Gasteiger partial charge in [0.15, 0.2) is 0 Å². The molecule has 5 nitrogen and oxygen atoms in total. The van der Waals surface area contributed by atoms with Gasteiger partial charge in [-0.15, -0.1) is 0 Å². The van der Waals surface area contributed by atoms with Crippen LogP contribution in [-0.2, 0) is 20.7 Å². The molecule has 5 heteroatoms. The molecule has 2 fully saturated rings. The number of carbonyl (C=O) groups excluding carboxylic acids is 2. The first-order chi connectivity index (χ1) is 17.6. The largest absolute Gasteiger partial charge is 0.458 e. The number of esters is 2. The van der Waals surface area contributed by atoms with Crippen molar-refractivity contribution in [3.63, 3.8) is 0 Å². The Labute approximate surface area is 211 Å². The lowest BCUT2D eigenvalue weighted by Gasteiger charge is -2.18. The molecule has 0 aromatic heterocycles. The highest BCUT2D eigenvalue weighted by atomic mass is 16.6. The van der Waals surface area contributed by atoms with Crippen molar-refractivity contribution in [2.24, 2.45) is 11.8 Å². The van der Waals surface area contributed by atoms with E-state index in [1.54, 1.807) is 18.2 Å². The molecule has 1 saturated heterocycles. The summed E-state index contributed by atoms with van der Waals surface area (Å²) in [7, 11) is 0. The summed E-state index contributed by atoms with van der Waals surface area (Å²) >= 11 is 0.